The number of sulfonamides is 1. The Labute approximate surface area is 146 Å². The van der Waals surface area contributed by atoms with Gasteiger partial charge in [-0.05, 0) is 35.7 Å². The van der Waals surface area contributed by atoms with Gasteiger partial charge in [-0.1, -0.05) is 18.2 Å². The molecule has 1 aromatic carbocycles. The molecule has 0 spiro atoms. The van der Waals surface area contributed by atoms with Crippen molar-refractivity contribution in [1.82, 2.24) is 14.6 Å². The summed E-state index contributed by atoms with van der Waals surface area (Å²) in [4.78, 5) is 15.9. The lowest BCUT2D eigenvalue weighted by molar-refractivity contribution is -0.121. The number of amides is 1. The third kappa shape index (κ3) is 6.24. The van der Waals surface area contributed by atoms with Gasteiger partial charge in [0.05, 0.1) is 12.8 Å². The van der Waals surface area contributed by atoms with E-state index in [-0.39, 0.29) is 26.1 Å². The van der Waals surface area contributed by atoms with Crippen LogP contribution in [0.2, 0.25) is 0 Å². The molecule has 0 saturated heterocycles. The van der Waals surface area contributed by atoms with Gasteiger partial charge in [0.25, 0.3) is 0 Å². The maximum atomic E-state index is 13.7. The van der Waals surface area contributed by atoms with Crippen molar-refractivity contribution >= 4 is 15.9 Å². The molecule has 1 amide bonds. The fourth-order valence-electron chi connectivity index (χ4n) is 2.23. The van der Waals surface area contributed by atoms with Crippen LogP contribution >= 0.6 is 0 Å². The summed E-state index contributed by atoms with van der Waals surface area (Å²) in [6.07, 6.45) is 4.44. The van der Waals surface area contributed by atoms with Crippen LogP contribution in [-0.4, -0.2) is 43.0 Å². The number of nitrogens with one attached hydrogen (secondary N) is 1. The van der Waals surface area contributed by atoms with Crippen LogP contribution in [0, 0.1) is 5.82 Å². The molecule has 0 saturated carbocycles. The van der Waals surface area contributed by atoms with Crippen LogP contribution in [0.25, 0.3) is 0 Å². The number of aromatic nitrogens is 1. The number of rotatable bonds is 8. The zero-order valence-corrected chi connectivity index (χ0v) is 14.7. The van der Waals surface area contributed by atoms with Crippen LogP contribution < -0.4 is 5.32 Å². The molecule has 134 valence electrons. The number of nitrogens with zero attached hydrogens (tertiary/aromatic N) is 2. The van der Waals surface area contributed by atoms with Gasteiger partial charge in [0.1, 0.15) is 5.82 Å². The van der Waals surface area contributed by atoms with Crippen molar-refractivity contribution in [2.24, 2.45) is 0 Å². The highest BCUT2D eigenvalue weighted by molar-refractivity contribution is 7.88. The Kier molecular flexibility index (Phi) is 6.60. The zero-order valence-electron chi connectivity index (χ0n) is 13.9. The van der Waals surface area contributed by atoms with Crippen LogP contribution in [0.4, 0.5) is 4.39 Å². The van der Waals surface area contributed by atoms with E-state index in [0.29, 0.717) is 5.56 Å². The number of carbonyl (C=O) groups excluding carboxylic acids is 1. The van der Waals surface area contributed by atoms with E-state index in [2.05, 4.69) is 10.3 Å². The number of benzene rings is 1. The topological polar surface area (TPSA) is 79.4 Å². The van der Waals surface area contributed by atoms with E-state index in [0.717, 1.165) is 16.1 Å². The van der Waals surface area contributed by atoms with Gasteiger partial charge in [0.15, 0.2) is 0 Å². The predicted molar refractivity (Wildman–Crippen MR) is 92.6 cm³/mol. The van der Waals surface area contributed by atoms with Gasteiger partial charge in [-0.15, -0.1) is 0 Å². The van der Waals surface area contributed by atoms with Crippen molar-refractivity contribution in [3.8, 4) is 0 Å². The molecule has 2 rings (SSSR count). The van der Waals surface area contributed by atoms with Crippen molar-refractivity contribution < 1.29 is 17.6 Å². The van der Waals surface area contributed by atoms with Gasteiger partial charge in [-0.3, -0.25) is 9.78 Å². The molecule has 0 aliphatic rings. The minimum Gasteiger partial charge on any atom is -0.351 e. The fourth-order valence-corrected chi connectivity index (χ4v) is 3.00. The molecule has 0 bridgehead atoms. The molecule has 0 atom stereocenters. The summed E-state index contributed by atoms with van der Waals surface area (Å²) in [6.45, 7) is 0.00703. The van der Waals surface area contributed by atoms with E-state index in [9.17, 15) is 17.6 Å². The molecule has 1 aromatic heterocycles. The lowest BCUT2D eigenvalue weighted by atomic mass is 10.1. The standard InChI is InChI=1S/C17H20FN3O3S/c1-25(23,24)21(11-8-15-4-2-3-5-16(15)18)13-17(22)20-12-14-6-9-19-10-7-14/h2-7,9-10H,8,11-13H2,1H3,(H,20,22). The van der Waals surface area contributed by atoms with E-state index in [1.807, 2.05) is 0 Å². The summed E-state index contributed by atoms with van der Waals surface area (Å²) in [7, 11) is -3.59. The first kappa shape index (κ1) is 19.0. The Morgan fingerprint density at radius 2 is 1.88 bits per heavy atom. The minimum absolute atomic E-state index is 0.0302. The fraction of sp³-hybridized carbons (Fsp3) is 0.294. The van der Waals surface area contributed by atoms with Crippen molar-refractivity contribution in [2.75, 3.05) is 19.3 Å². The third-order valence-electron chi connectivity index (χ3n) is 3.62. The van der Waals surface area contributed by atoms with Crippen LogP contribution in [0.3, 0.4) is 0 Å². The second-order valence-electron chi connectivity index (χ2n) is 5.57. The summed E-state index contributed by atoms with van der Waals surface area (Å²) < 4.78 is 38.5. The molecule has 0 aliphatic heterocycles. The average Bonchev–Trinajstić information content (AvgIpc) is 2.58. The van der Waals surface area contributed by atoms with Gasteiger partial charge in [-0.25, -0.2) is 12.8 Å². The summed E-state index contributed by atoms with van der Waals surface area (Å²) in [6, 6.07) is 9.69. The lowest BCUT2D eigenvalue weighted by Gasteiger charge is -2.19. The average molecular weight is 365 g/mol. The summed E-state index contributed by atoms with van der Waals surface area (Å²) in [5.74, 6) is -0.811. The summed E-state index contributed by atoms with van der Waals surface area (Å²) >= 11 is 0. The highest BCUT2D eigenvalue weighted by atomic mass is 32.2. The summed E-state index contributed by atoms with van der Waals surface area (Å²) in [5.41, 5.74) is 1.27. The van der Waals surface area contributed by atoms with Crippen molar-refractivity contribution in [1.29, 1.82) is 0 Å². The Morgan fingerprint density at radius 1 is 1.20 bits per heavy atom. The van der Waals surface area contributed by atoms with E-state index in [1.54, 1.807) is 42.7 Å². The SMILES string of the molecule is CS(=O)(=O)N(CCc1ccccc1F)CC(=O)NCc1ccncc1. The van der Waals surface area contributed by atoms with E-state index in [4.69, 9.17) is 0 Å². The molecule has 0 radical (unpaired) electrons. The second kappa shape index (κ2) is 8.68. The highest BCUT2D eigenvalue weighted by Gasteiger charge is 2.20. The molecule has 0 unspecified atom stereocenters. The van der Waals surface area contributed by atoms with E-state index < -0.39 is 21.7 Å². The van der Waals surface area contributed by atoms with Crippen LogP contribution in [0.5, 0.6) is 0 Å². The third-order valence-corrected chi connectivity index (χ3v) is 4.87. The first-order valence-electron chi connectivity index (χ1n) is 7.70. The molecule has 8 heteroatoms. The normalized spacial score (nSPS) is 11.5. The van der Waals surface area contributed by atoms with Crippen LogP contribution in [0.1, 0.15) is 11.1 Å². The molecule has 2 aromatic rings. The van der Waals surface area contributed by atoms with Gasteiger partial charge in [0, 0.05) is 25.5 Å². The summed E-state index contributed by atoms with van der Waals surface area (Å²) in [5, 5.41) is 2.66. The smallest absolute Gasteiger partial charge is 0.235 e. The number of carbonyl (C=O) groups is 1. The van der Waals surface area contributed by atoms with Crippen molar-refractivity contribution in [3.05, 3.63) is 65.7 Å². The minimum atomic E-state index is -3.59. The van der Waals surface area contributed by atoms with Crippen LogP contribution in [0.15, 0.2) is 48.8 Å². The molecule has 6 nitrogen and oxygen atoms in total. The predicted octanol–water partition coefficient (Wildman–Crippen LogP) is 1.34. The quantitative estimate of drug-likeness (QED) is 0.766. The largest absolute Gasteiger partial charge is 0.351 e. The number of hydrogen-bond acceptors (Lipinski definition) is 4. The zero-order chi connectivity index (χ0) is 18.3. The Hall–Kier alpha value is -2.32. The molecule has 1 heterocycles. The maximum Gasteiger partial charge on any atom is 0.235 e. The molecular weight excluding hydrogens is 345 g/mol. The molecule has 1 N–H and O–H groups in total. The van der Waals surface area contributed by atoms with E-state index in [1.165, 1.54) is 6.07 Å². The molecule has 0 aliphatic carbocycles. The second-order valence-corrected chi connectivity index (χ2v) is 7.55. The van der Waals surface area contributed by atoms with Gasteiger partial charge in [0.2, 0.25) is 15.9 Å². The molecule has 25 heavy (non-hydrogen) atoms. The highest BCUT2D eigenvalue weighted by Crippen LogP contribution is 2.09. The molecular formula is C17H20FN3O3S. The van der Waals surface area contributed by atoms with Crippen molar-refractivity contribution in [2.45, 2.75) is 13.0 Å². The number of hydrogen-bond donors (Lipinski definition) is 1. The van der Waals surface area contributed by atoms with Crippen LogP contribution in [-0.2, 0) is 27.8 Å². The number of halogens is 1. The Morgan fingerprint density at radius 3 is 2.52 bits per heavy atom. The Balaban J connectivity index is 1.93. The monoisotopic (exact) mass is 365 g/mol. The number of pyridine rings is 1. The first-order chi connectivity index (χ1) is 11.9. The Bertz CT molecular complexity index is 813. The first-order valence-corrected chi connectivity index (χ1v) is 9.55. The lowest BCUT2D eigenvalue weighted by Crippen LogP contribution is -2.41. The molecule has 0 fully saturated rings. The maximum absolute atomic E-state index is 13.7. The van der Waals surface area contributed by atoms with Gasteiger partial charge < -0.3 is 5.32 Å². The van der Waals surface area contributed by atoms with Gasteiger partial charge in [-0.2, -0.15) is 4.31 Å². The van der Waals surface area contributed by atoms with E-state index >= 15 is 0 Å². The van der Waals surface area contributed by atoms with Crippen molar-refractivity contribution in [3.63, 3.8) is 0 Å². The van der Waals surface area contributed by atoms with Gasteiger partial charge >= 0.3 is 0 Å².